The van der Waals surface area contributed by atoms with Gasteiger partial charge in [-0.15, -0.1) is 5.10 Å². The molecule has 0 radical (unpaired) electrons. The van der Waals surface area contributed by atoms with Gasteiger partial charge in [-0.1, -0.05) is 6.08 Å². The maximum atomic E-state index is 5.25. The van der Waals surface area contributed by atoms with E-state index in [0.717, 1.165) is 11.5 Å². The highest BCUT2D eigenvalue weighted by Crippen LogP contribution is 1.99. The van der Waals surface area contributed by atoms with E-state index in [4.69, 9.17) is 5.73 Å². The summed E-state index contributed by atoms with van der Waals surface area (Å²) in [6, 6.07) is 3.76. The molecule has 1 aromatic heterocycles. The Morgan fingerprint density at radius 2 is 2.33 bits per heavy atom. The zero-order valence-corrected chi connectivity index (χ0v) is 6.99. The van der Waals surface area contributed by atoms with Crippen molar-refractivity contribution in [3.05, 3.63) is 30.1 Å². The Morgan fingerprint density at radius 3 is 2.92 bits per heavy atom. The van der Waals surface area contributed by atoms with Gasteiger partial charge < -0.3 is 11.1 Å². The van der Waals surface area contributed by atoms with Crippen LogP contribution in [0, 0.1) is 6.92 Å². The van der Waals surface area contributed by atoms with E-state index in [1.54, 1.807) is 6.20 Å². The monoisotopic (exact) mass is 164 g/mol. The summed E-state index contributed by atoms with van der Waals surface area (Å²) < 4.78 is 0. The van der Waals surface area contributed by atoms with Gasteiger partial charge in [-0.2, -0.15) is 5.10 Å². The van der Waals surface area contributed by atoms with Crippen molar-refractivity contribution in [1.29, 1.82) is 0 Å². The molecule has 0 aliphatic carbocycles. The van der Waals surface area contributed by atoms with Crippen LogP contribution < -0.4 is 11.1 Å². The highest BCUT2D eigenvalue weighted by atomic mass is 15.2. The van der Waals surface area contributed by atoms with Gasteiger partial charge in [0.1, 0.15) is 0 Å². The number of anilines is 1. The smallest absolute Gasteiger partial charge is 0.152 e. The molecule has 0 fully saturated rings. The first kappa shape index (κ1) is 8.67. The first-order valence-corrected chi connectivity index (χ1v) is 3.75. The molecule has 4 nitrogen and oxygen atoms in total. The van der Waals surface area contributed by atoms with Crippen LogP contribution in [0.3, 0.4) is 0 Å². The Hall–Kier alpha value is -1.42. The second-order valence-electron chi connectivity index (χ2n) is 2.34. The predicted molar refractivity (Wildman–Crippen MR) is 48.6 cm³/mol. The maximum Gasteiger partial charge on any atom is 0.152 e. The van der Waals surface area contributed by atoms with Crippen molar-refractivity contribution in [1.82, 2.24) is 10.2 Å². The Labute approximate surface area is 71.5 Å². The van der Waals surface area contributed by atoms with Gasteiger partial charge >= 0.3 is 0 Å². The Balaban J connectivity index is 2.53. The lowest BCUT2D eigenvalue weighted by Gasteiger charge is -1.97. The third-order valence-electron chi connectivity index (χ3n) is 1.28. The zero-order valence-electron chi connectivity index (χ0n) is 6.99. The van der Waals surface area contributed by atoms with E-state index in [-0.39, 0.29) is 0 Å². The summed E-state index contributed by atoms with van der Waals surface area (Å²) in [7, 11) is 0. The van der Waals surface area contributed by atoms with E-state index < -0.39 is 0 Å². The molecule has 0 saturated carbocycles. The molecule has 0 aliphatic heterocycles. The van der Waals surface area contributed by atoms with Crippen LogP contribution in [0.5, 0.6) is 0 Å². The van der Waals surface area contributed by atoms with Crippen molar-refractivity contribution in [2.75, 3.05) is 11.9 Å². The van der Waals surface area contributed by atoms with Crippen LogP contribution in [0.15, 0.2) is 24.4 Å². The molecule has 12 heavy (non-hydrogen) atoms. The number of hydrogen-bond donors (Lipinski definition) is 2. The second kappa shape index (κ2) is 4.46. The topological polar surface area (TPSA) is 63.8 Å². The summed E-state index contributed by atoms with van der Waals surface area (Å²) in [5, 5.41) is 10.7. The van der Waals surface area contributed by atoms with Gasteiger partial charge in [-0.3, -0.25) is 0 Å². The maximum absolute atomic E-state index is 5.25. The third-order valence-corrected chi connectivity index (χ3v) is 1.28. The fraction of sp³-hybridized carbons (Fsp3) is 0.250. The molecule has 0 saturated heterocycles. The fourth-order valence-corrected chi connectivity index (χ4v) is 0.688. The lowest BCUT2D eigenvalue weighted by atomic mass is 10.4. The first-order valence-electron chi connectivity index (χ1n) is 3.75. The Kier molecular flexibility index (Phi) is 3.22. The number of aromatic nitrogens is 2. The van der Waals surface area contributed by atoms with Gasteiger partial charge in [0.05, 0.1) is 5.69 Å². The molecule has 1 aromatic rings. The zero-order chi connectivity index (χ0) is 8.81. The molecule has 0 aliphatic rings. The molecule has 64 valence electrons. The molecular weight excluding hydrogens is 152 g/mol. The number of nitrogens with zero attached hydrogens (tertiary/aromatic N) is 2. The fourth-order valence-electron chi connectivity index (χ4n) is 0.688. The summed E-state index contributed by atoms with van der Waals surface area (Å²) in [4.78, 5) is 0. The van der Waals surface area contributed by atoms with Crippen LogP contribution in [0.4, 0.5) is 5.82 Å². The third kappa shape index (κ3) is 2.67. The molecule has 0 amide bonds. The van der Waals surface area contributed by atoms with Crippen LogP contribution in [-0.4, -0.2) is 16.7 Å². The van der Waals surface area contributed by atoms with E-state index in [9.17, 15) is 0 Å². The van der Waals surface area contributed by atoms with Gasteiger partial charge in [0.25, 0.3) is 0 Å². The van der Waals surface area contributed by atoms with Crippen molar-refractivity contribution < 1.29 is 0 Å². The van der Waals surface area contributed by atoms with Crippen molar-refractivity contribution in [3.8, 4) is 0 Å². The molecule has 0 unspecified atom stereocenters. The standard InChI is InChI=1S/C8H12N4/c1-7-3-4-8(12-11-7)10-6-2-5-9/h2-4,6H,5,9H2,1H3,(H,10,12). The molecule has 3 N–H and O–H groups in total. The Morgan fingerprint density at radius 1 is 1.50 bits per heavy atom. The quantitative estimate of drug-likeness (QED) is 0.689. The van der Waals surface area contributed by atoms with Gasteiger partial charge in [-0.05, 0) is 25.3 Å². The minimum absolute atomic E-state index is 0.520. The van der Waals surface area contributed by atoms with Gasteiger partial charge in [0.15, 0.2) is 5.82 Å². The molecule has 1 rings (SSSR count). The number of aryl methyl sites for hydroxylation is 1. The highest BCUT2D eigenvalue weighted by Gasteiger charge is 1.88. The van der Waals surface area contributed by atoms with Crippen LogP contribution in [0.2, 0.25) is 0 Å². The SMILES string of the molecule is Cc1ccc(NC=CCN)nn1. The van der Waals surface area contributed by atoms with Gasteiger partial charge in [0, 0.05) is 6.54 Å². The number of hydrogen-bond acceptors (Lipinski definition) is 4. The van der Waals surface area contributed by atoms with Crippen molar-refractivity contribution in [2.24, 2.45) is 5.73 Å². The summed E-state index contributed by atoms with van der Waals surface area (Å²) in [5.74, 6) is 0.727. The van der Waals surface area contributed by atoms with Gasteiger partial charge in [0.2, 0.25) is 0 Å². The molecular formula is C8H12N4. The number of nitrogens with one attached hydrogen (secondary N) is 1. The number of nitrogens with two attached hydrogens (primary N) is 1. The molecule has 0 spiro atoms. The van der Waals surface area contributed by atoms with Crippen molar-refractivity contribution in [2.45, 2.75) is 6.92 Å². The molecule has 0 aromatic carbocycles. The second-order valence-corrected chi connectivity index (χ2v) is 2.34. The lowest BCUT2D eigenvalue weighted by Crippen LogP contribution is -1.97. The van der Waals surface area contributed by atoms with E-state index in [2.05, 4.69) is 15.5 Å². The Bertz CT molecular complexity index is 252. The van der Waals surface area contributed by atoms with E-state index in [0.29, 0.717) is 6.54 Å². The molecule has 1 heterocycles. The van der Waals surface area contributed by atoms with E-state index in [1.165, 1.54) is 0 Å². The summed E-state index contributed by atoms with van der Waals surface area (Å²) in [6.45, 7) is 2.42. The summed E-state index contributed by atoms with van der Waals surface area (Å²) in [5.41, 5.74) is 6.16. The summed E-state index contributed by atoms with van der Waals surface area (Å²) in [6.07, 6.45) is 3.56. The molecule has 0 atom stereocenters. The average Bonchev–Trinajstić information content (AvgIpc) is 2.09. The van der Waals surface area contributed by atoms with Crippen LogP contribution >= 0.6 is 0 Å². The first-order chi connectivity index (χ1) is 5.83. The average molecular weight is 164 g/mol. The minimum atomic E-state index is 0.520. The largest absolute Gasteiger partial charge is 0.345 e. The van der Waals surface area contributed by atoms with Gasteiger partial charge in [-0.25, -0.2) is 0 Å². The molecule has 4 heteroatoms. The minimum Gasteiger partial charge on any atom is -0.345 e. The predicted octanol–water partition coefficient (Wildman–Crippen LogP) is 0.669. The van der Waals surface area contributed by atoms with Crippen molar-refractivity contribution in [3.63, 3.8) is 0 Å². The summed E-state index contributed by atoms with van der Waals surface area (Å²) >= 11 is 0. The highest BCUT2D eigenvalue weighted by molar-refractivity contribution is 5.35. The molecule has 0 bridgehead atoms. The normalized spacial score (nSPS) is 10.5. The van der Waals surface area contributed by atoms with E-state index >= 15 is 0 Å². The van der Waals surface area contributed by atoms with Crippen LogP contribution in [0.1, 0.15) is 5.69 Å². The van der Waals surface area contributed by atoms with Crippen LogP contribution in [-0.2, 0) is 0 Å². The van der Waals surface area contributed by atoms with E-state index in [1.807, 2.05) is 25.1 Å². The number of rotatable bonds is 3. The lowest BCUT2D eigenvalue weighted by molar-refractivity contribution is 0.985. The van der Waals surface area contributed by atoms with Crippen LogP contribution in [0.25, 0.3) is 0 Å². The van der Waals surface area contributed by atoms with Crippen molar-refractivity contribution >= 4 is 5.82 Å².